The van der Waals surface area contributed by atoms with E-state index >= 15 is 0 Å². The Morgan fingerprint density at radius 1 is 1.00 bits per heavy atom. The number of aliphatic imine (C=N–C) groups is 1. The maximum Gasteiger partial charge on any atom is 0.273 e. The number of anilines is 2. The molecule has 1 unspecified atom stereocenters. The molecular formula is C36H39N7O4. The summed E-state index contributed by atoms with van der Waals surface area (Å²) in [5.74, 6) is -1.45. The minimum atomic E-state index is -0.611. The van der Waals surface area contributed by atoms with Gasteiger partial charge in [-0.25, -0.2) is 0 Å². The molecule has 1 aliphatic heterocycles. The van der Waals surface area contributed by atoms with E-state index in [1.165, 1.54) is 4.68 Å². The Morgan fingerprint density at radius 2 is 1.74 bits per heavy atom. The molecular weight excluding hydrogens is 594 g/mol. The van der Waals surface area contributed by atoms with E-state index in [2.05, 4.69) is 44.8 Å². The predicted molar refractivity (Wildman–Crippen MR) is 183 cm³/mol. The van der Waals surface area contributed by atoms with Crippen LogP contribution in [0.3, 0.4) is 0 Å². The van der Waals surface area contributed by atoms with Crippen LogP contribution in [0.5, 0.6) is 0 Å². The molecule has 3 N–H and O–H groups in total. The number of likely N-dealkylation sites (N-methyl/N-ethyl adjacent to an activating group) is 1. The molecule has 4 aromatic rings. The summed E-state index contributed by atoms with van der Waals surface area (Å²) in [6, 6.07) is 20.9. The van der Waals surface area contributed by atoms with Gasteiger partial charge in [0.2, 0.25) is 11.8 Å². The van der Waals surface area contributed by atoms with Gasteiger partial charge in [-0.3, -0.25) is 28.9 Å². The van der Waals surface area contributed by atoms with Crippen LogP contribution >= 0.6 is 0 Å². The summed E-state index contributed by atoms with van der Waals surface area (Å²) in [7, 11) is 1.70. The van der Waals surface area contributed by atoms with E-state index in [0.717, 1.165) is 36.5 Å². The van der Waals surface area contributed by atoms with Gasteiger partial charge in [-0.2, -0.15) is 5.10 Å². The Balaban J connectivity index is 1.20. The third-order valence-electron chi connectivity index (χ3n) is 8.13. The van der Waals surface area contributed by atoms with E-state index in [9.17, 15) is 19.2 Å². The van der Waals surface area contributed by atoms with Gasteiger partial charge in [0.25, 0.3) is 5.91 Å². The van der Waals surface area contributed by atoms with E-state index in [0.29, 0.717) is 40.4 Å². The Morgan fingerprint density at radius 3 is 2.45 bits per heavy atom. The lowest BCUT2D eigenvalue weighted by atomic mass is 9.97. The molecule has 242 valence electrons. The Bertz CT molecular complexity index is 1820. The molecule has 0 saturated carbocycles. The van der Waals surface area contributed by atoms with Gasteiger partial charge >= 0.3 is 0 Å². The molecule has 11 heteroatoms. The van der Waals surface area contributed by atoms with Gasteiger partial charge in [-0.15, -0.1) is 0 Å². The normalized spacial score (nSPS) is 13.9. The minimum absolute atomic E-state index is 0.0270. The summed E-state index contributed by atoms with van der Waals surface area (Å²) < 4.78 is 1.51. The Labute approximate surface area is 274 Å². The number of hydrogen-bond acceptors (Lipinski definition) is 7. The molecule has 47 heavy (non-hydrogen) atoms. The molecule has 0 fully saturated rings. The molecule has 11 nitrogen and oxygen atoms in total. The van der Waals surface area contributed by atoms with E-state index in [1.807, 2.05) is 31.2 Å². The number of fused-ring (bicyclic) bond motifs is 1. The largest absolute Gasteiger partial charge is 0.355 e. The number of amides is 3. The highest BCUT2D eigenvalue weighted by atomic mass is 16.2. The van der Waals surface area contributed by atoms with Crippen LogP contribution in [0.25, 0.3) is 0 Å². The maximum atomic E-state index is 13.4. The molecule has 3 aromatic carbocycles. The van der Waals surface area contributed by atoms with Crippen molar-refractivity contribution in [3.63, 3.8) is 0 Å². The van der Waals surface area contributed by atoms with Crippen molar-refractivity contribution in [1.82, 2.24) is 20.0 Å². The molecule has 0 saturated heterocycles. The second-order valence-electron chi connectivity index (χ2n) is 11.4. The zero-order valence-corrected chi connectivity index (χ0v) is 27.0. The van der Waals surface area contributed by atoms with Crippen LogP contribution in [0, 0.1) is 6.92 Å². The lowest BCUT2D eigenvalue weighted by Gasteiger charge is -2.17. The maximum absolute atomic E-state index is 13.4. The third-order valence-corrected chi connectivity index (χ3v) is 8.13. The highest BCUT2D eigenvalue weighted by Crippen LogP contribution is 2.33. The zero-order chi connectivity index (χ0) is 33.5. The summed E-state index contributed by atoms with van der Waals surface area (Å²) in [5.41, 5.74) is 5.23. The highest BCUT2D eigenvalue weighted by Gasteiger charge is 2.30. The lowest BCUT2D eigenvalue weighted by molar-refractivity contribution is -0.120. The topological polar surface area (TPSA) is 138 Å². The van der Waals surface area contributed by atoms with Gasteiger partial charge in [0.05, 0.1) is 17.8 Å². The van der Waals surface area contributed by atoms with Crippen LogP contribution in [0.4, 0.5) is 17.1 Å². The van der Waals surface area contributed by atoms with Crippen molar-refractivity contribution < 1.29 is 19.2 Å². The van der Waals surface area contributed by atoms with Crippen LogP contribution in [-0.4, -0.2) is 70.6 Å². The van der Waals surface area contributed by atoms with E-state index in [1.54, 1.807) is 61.8 Å². The standard InChI is InChI=1S/C36H39N7O4/c1-5-43(6-2)17-16-37-33(44)19-24-10-13-27(14-11-24)38-22-30-29-15-12-26(21-31(29)40-35(30)46)34(45)25-8-7-9-28(20-25)39-36(47)32-18-23(3)41-42(32)4/h7-15,18,20-22,30H,5-6,16-17,19H2,1-4H3,(H,37,44)(H,39,47)(H,40,46). The lowest BCUT2D eigenvalue weighted by Crippen LogP contribution is -2.35. The van der Waals surface area contributed by atoms with Crippen molar-refractivity contribution in [2.45, 2.75) is 33.1 Å². The quantitative estimate of drug-likeness (QED) is 0.145. The number of aromatic nitrogens is 2. The molecule has 0 spiro atoms. The van der Waals surface area contributed by atoms with Crippen molar-refractivity contribution in [1.29, 1.82) is 0 Å². The molecule has 3 amide bonds. The van der Waals surface area contributed by atoms with Crippen molar-refractivity contribution in [3.8, 4) is 0 Å². The van der Waals surface area contributed by atoms with E-state index in [-0.39, 0.29) is 29.9 Å². The fourth-order valence-corrected chi connectivity index (χ4v) is 5.50. The first-order chi connectivity index (χ1) is 22.6. The van der Waals surface area contributed by atoms with Crippen LogP contribution in [0.1, 0.15) is 63.0 Å². The SMILES string of the molecule is CCN(CC)CCNC(=O)Cc1ccc(N=CC2C(=O)Nc3cc(C(=O)c4cccc(NC(=O)c5cc(C)nn5C)c4)ccc32)cc1. The first-order valence-electron chi connectivity index (χ1n) is 15.7. The zero-order valence-electron chi connectivity index (χ0n) is 27.0. The van der Waals surface area contributed by atoms with Crippen LogP contribution < -0.4 is 16.0 Å². The highest BCUT2D eigenvalue weighted by molar-refractivity contribution is 6.15. The number of benzene rings is 3. The van der Waals surface area contributed by atoms with Crippen molar-refractivity contribution in [3.05, 3.63) is 106 Å². The summed E-state index contributed by atoms with van der Waals surface area (Å²) in [4.78, 5) is 58.1. The van der Waals surface area contributed by atoms with Gasteiger partial charge in [0.15, 0.2) is 5.78 Å². The fraction of sp³-hybridized carbons (Fsp3) is 0.278. The monoisotopic (exact) mass is 633 g/mol. The molecule has 0 bridgehead atoms. The molecule has 0 radical (unpaired) electrons. The summed E-state index contributed by atoms with van der Waals surface area (Å²) in [6.07, 6.45) is 1.87. The number of carbonyl (C=O) groups excluding carboxylic acids is 4. The van der Waals surface area contributed by atoms with E-state index in [4.69, 9.17) is 0 Å². The van der Waals surface area contributed by atoms with Crippen molar-refractivity contribution >= 4 is 46.8 Å². The van der Waals surface area contributed by atoms with Crippen molar-refractivity contribution in [2.24, 2.45) is 12.0 Å². The van der Waals surface area contributed by atoms with E-state index < -0.39 is 5.92 Å². The Kier molecular flexibility index (Phi) is 10.4. The number of rotatable bonds is 13. The van der Waals surface area contributed by atoms with Gasteiger partial charge < -0.3 is 20.9 Å². The number of aryl methyl sites for hydroxylation is 2. The van der Waals surface area contributed by atoms with Crippen molar-refractivity contribution in [2.75, 3.05) is 36.8 Å². The molecule has 1 atom stereocenters. The number of ketones is 1. The predicted octanol–water partition coefficient (Wildman–Crippen LogP) is 4.65. The minimum Gasteiger partial charge on any atom is -0.355 e. The third kappa shape index (κ3) is 8.06. The second kappa shape index (κ2) is 14.8. The summed E-state index contributed by atoms with van der Waals surface area (Å²) in [5, 5.41) is 12.9. The second-order valence-corrected chi connectivity index (χ2v) is 11.4. The summed E-state index contributed by atoms with van der Waals surface area (Å²) >= 11 is 0. The van der Waals surface area contributed by atoms with Crippen LogP contribution in [0.15, 0.2) is 77.8 Å². The van der Waals surface area contributed by atoms with Gasteiger partial charge in [0, 0.05) is 48.9 Å². The number of hydrogen-bond donors (Lipinski definition) is 3. The molecule has 2 heterocycles. The molecule has 1 aromatic heterocycles. The van der Waals surface area contributed by atoms with Crippen LogP contribution in [-0.2, 0) is 23.1 Å². The average molecular weight is 634 g/mol. The van der Waals surface area contributed by atoms with Gasteiger partial charge in [0.1, 0.15) is 11.6 Å². The first-order valence-corrected chi connectivity index (χ1v) is 15.7. The Hall–Kier alpha value is -5.42. The number of carbonyl (C=O) groups is 4. The summed E-state index contributed by atoms with van der Waals surface area (Å²) in [6.45, 7) is 9.36. The molecule has 5 rings (SSSR count). The van der Waals surface area contributed by atoms with Gasteiger partial charge in [-0.1, -0.05) is 50.2 Å². The first kappa shape index (κ1) is 33.0. The fourth-order valence-electron chi connectivity index (χ4n) is 5.50. The number of nitrogens with zero attached hydrogens (tertiary/aromatic N) is 4. The number of nitrogens with one attached hydrogen (secondary N) is 3. The smallest absolute Gasteiger partial charge is 0.273 e. The molecule has 1 aliphatic rings. The van der Waals surface area contributed by atoms with Crippen LogP contribution in [0.2, 0.25) is 0 Å². The van der Waals surface area contributed by atoms with Gasteiger partial charge in [-0.05, 0) is 67.5 Å². The molecule has 0 aliphatic carbocycles. The average Bonchev–Trinajstić information content (AvgIpc) is 3.58.